The predicted octanol–water partition coefficient (Wildman–Crippen LogP) is 0.107. The van der Waals surface area contributed by atoms with Crippen molar-refractivity contribution >= 4 is 17.9 Å². The highest BCUT2D eigenvalue weighted by Crippen LogP contribution is 2.28. The second-order valence-corrected chi connectivity index (χ2v) is 3.95. The number of rotatable bonds is 4. The zero-order chi connectivity index (χ0) is 14.6. The van der Waals surface area contributed by atoms with Crippen LogP contribution in [0.15, 0.2) is 0 Å². The van der Waals surface area contributed by atoms with Gasteiger partial charge in [-0.2, -0.15) is 0 Å². The van der Waals surface area contributed by atoms with Crippen molar-refractivity contribution in [3.05, 3.63) is 0 Å². The Hall–Kier alpha value is -1.70. The van der Waals surface area contributed by atoms with Gasteiger partial charge in [-0.25, -0.2) is 4.39 Å². The minimum Gasteiger partial charge on any atom is -0.455 e. The highest BCUT2D eigenvalue weighted by molar-refractivity contribution is 5.68. The van der Waals surface area contributed by atoms with E-state index in [1.165, 1.54) is 0 Å². The number of carbonyl (C=O) groups is 3. The van der Waals surface area contributed by atoms with Gasteiger partial charge in [0.25, 0.3) is 0 Å². The summed E-state index contributed by atoms with van der Waals surface area (Å²) in [4.78, 5) is 32.9. The first-order chi connectivity index (χ1) is 8.85. The Morgan fingerprint density at radius 2 is 1.42 bits per heavy atom. The average Bonchev–Trinajstić information content (AvgIpc) is 2.55. The average molecular weight is 278 g/mol. The van der Waals surface area contributed by atoms with E-state index in [1.807, 2.05) is 0 Å². The van der Waals surface area contributed by atoms with Crippen molar-refractivity contribution in [1.29, 1.82) is 0 Å². The van der Waals surface area contributed by atoms with Gasteiger partial charge in [-0.1, -0.05) is 0 Å². The first-order valence-corrected chi connectivity index (χ1v) is 5.58. The number of esters is 3. The number of ether oxygens (including phenoxy) is 4. The highest BCUT2D eigenvalue weighted by atomic mass is 19.1. The van der Waals surface area contributed by atoms with Crippen molar-refractivity contribution < 1.29 is 37.7 Å². The van der Waals surface area contributed by atoms with Gasteiger partial charge in [-0.05, 0) is 0 Å². The summed E-state index contributed by atoms with van der Waals surface area (Å²) in [5.74, 6) is -2.07. The summed E-state index contributed by atoms with van der Waals surface area (Å²) in [6.07, 6.45) is -4.80. The lowest BCUT2D eigenvalue weighted by Crippen LogP contribution is -2.41. The summed E-state index contributed by atoms with van der Waals surface area (Å²) in [5, 5.41) is 0. The van der Waals surface area contributed by atoms with Crippen LogP contribution in [0.5, 0.6) is 0 Å². The van der Waals surface area contributed by atoms with Crippen LogP contribution in [0.3, 0.4) is 0 Å². The molecule has 1 rings (SSSR count). The molecule has 0 aromatic rings. The molecule has 108 valence electrons. The van der Waals surface area contributed by atoms with Gasteiger partial charge in [0.15, 0.2) is 6.10 Å². The summed E-state index contributed by atoms with van der Waals surface area (Å²) in [6.45, 7) is 2.39. The van der Waals surface area contributed by atoms with E-state index in [-0.39, 0.29) is 0 Å². The number of halogens is 1. The fraction of sp³-hybridized carbons (Fsp3) is 0.727. The Labute approximate surface area is 108 Å². The van der Waals surface area contributed by atoms with Gasteiger partial charge in [0.1, 0.15) is 12.8 Å². The normalized spacial score (nSPS) is 29.7. The molecule has 0 spiro atoms. The lowest BCUT2D eigenvalue weighted by Gasteiger charge is -2.22. The Balaban J connectivity index is 2.90. The molecule has 0 radical (unpaired) electrons. The van der Waals surface area contributed by atoms with E-state index < -0.39 is 49.2 Å². The van der Waals surface area contributed by atoms with Crippen molar-refractivity contribution in [3.8, 4) is 0 Å². The number of carbonyl (C=O) groups excluding carboxylic acids is 3. The van der Waals surface area contributed by atoms with E-state index in [0.29, 0.717) is 0 Å². The number of hydrogen-bond donors (Lipinski definition) is 0. The largest absolute Gasteiger partial charge is 0.455 e. The van der Waals surface area contributed by atoms with Gasteiger partial charge < -0.3 is 18.9 Å². The maximum atomic E-state index is 12.8. The lowest BCUT2D eigenvalue weighted by atomic mass is 10.1. The van der Waals surface area contributed by atoms with Crippen LogP contribution >= 0.6 is 0 Å². The summed E-state index contributed by atoms with van der Waals surface area (Å²) < 4.78 is 32.4. The lowest BCUT2D eigenvalue weighted by molar-refractivity contribution is -0.195. The van der Waals surface area contributed by atoms with Crippen LogP contribution in [-0.4, -0.2) is 49.2 Å². The molecule has 0 aromatic carbocycles. The zero-order valence-corrected chi connectivity index (χ0v) is 10.8. The minimum atomic E-state index is -1.30. The topological polar surface area (TPSA) is 88.1 Å². The Kier molecular flexibility index (Phi) is 5.22. The van der Waals surface area contributed by atoms with Crippen LogP contribution in [0.1, 0.15) is 20.8 Å². The second-order valence-electron chi connectivity index (χ2n) is 3.95. The maximum absolute atomic E-state index is 12.8. The Bertz CT molecular complexity index is 370. The quantitative estimate of drug-likeness (QED) is 0.532. The molecule has 7 nitrogen and oxygen atoms in total. The summed E-state index contributed by atoms with van der Waals surface area (Å²) in [6, 6.07) is 0. The van der Waals surface area contributed by atoms with E-state index in [1.54, 1.807) is 0 Å². The molecule has 0 unspecified atom stereocenters. The van der Waals surface area contributed by atoms with Gasteiger partial charge >= 0.3 is 17.9 Å². The highest BCUT2D eigenvalue weighted by Gasteiger charge is 2.51. The third-order valence-electron chi connectivity index (χ3n) is 2.31. The smallest absolute Gasteiger partial charge is 0.305 e. The molecule has 0 amide bonds. The third kappa shape index (κ3) is 4.16. The van der Waals surface area contributed by atoms with Crippen LogP contribution in [0.2, 0.25) is 0 Å². The molecular weight excluding hydrogens is 263 g/mol. The van der Waals surface area contributed by atoms with Crippen LogP contribution in [-0.2, 0) is 33.3 Å². The van der Waals surface area contributed by atoms with Crippen LogP contribution in [0.25, 0.3) is 0 Å². The predicted molar refractivity (Wildman–Crippen MR) is 57.5 cm³/mol. The van der Waals surface area contributed by atoms with Gasteiger partial charge in [0.05, 0.1) is 0 Å². The molecule has 1 saturated heterocycles. The molecule has 0 aromatic heterocycles. The second kappa shape index (κ2) is 6.46. The molecule has 19 heavy (non-hydrogen) atoms. The standard InChI is InChI=1S/C11H15FO7/c1-5(13)16-9-8(4-12)19-11(18-7(3)15)10(9)17-6(2)14/h8-11H,4H2,1-3H3/t8-,9-,10-,11+/m1/s1. The summed E-state index contributed by atoms with van der Waals surface area (Å²) in [7, 11) is 0. The number of alkyl halides is 1. The molecule has 0 bridgehead atoms. The molecule has 0 aliphatic carbocycles. The van der Waals surface area contributed by atoms with Crippen molar-refractivity contribution in [2.45, 2.75) is 45.4 Å². The molecular formula is C11H15FO7. The molecule has 1 fully saturated rings. The van der Waals surface area contributed by atoms with Crippen LogP contribution in [0, 0.1) is 0 Å². The fourth-order valence-electron chi connectivity index (χ4n) is 1.73. The maximum Gasteiger partial charge on any atom is 0.305 e. The monoisotopic (exact) mass is 278 g/mol. The first kappa shape index (κ1) is 15.4. The van der Waals surface area contributed by atoms with Crippen molar-refractivity contribution in [3.63, 3.8) is 0 Å². The van der Waals surface area contributed by atoms with Gasteiger partial charge in [0, 0.05) is 20.8 Å². The minimum absolute atomic E-state index is 0.687. The van der Waals surface area contributed by atoms with Crippen molar-refractivity contribution in [1.82, 2.24) is 0 Å². The van der Waals surface area contributed by atoms with Crippen LogP contribution < -0.4 is 0 Å². The van der Waals surface area contributed by atoms with Gasteiger partial charge in [-0.3, -0.25) is 14.4 Å². The van der Waals surface area contributed by atoms with Crippen molar-refractivity contribution in [2.24, 2.45) is 0 Å². The molecule has 1 heterocycles. The molecule has 1 aliphatic heterocycles. The Morgan fingerprint density at radius 1 is 0.947 bits per heavy atom. The molecule has 1 aliphatic rings. The van der Waals surface area contributed by atoms with Crippen molar-refractivity contribution in [2.75, 3.05) is 6.67 Å². The third-order valence-corrected chi connectivity index (χ3v) is 2.31. The van der Waals surface area contributed by atoms with E-state index in [9.17, 15) is 18.8 Å². The Morgan fingerprint density at radius 3 is 1.84 bits per heavy atom. The number of hydrogen-bond acceptors (Lipinski definition) is 7. The molecule has 0 saturated carbocycles. The summed E-state index contributed by atoms with van der Waals surface area (Å²) in [5.41, 5.74) is 0. The molecule has 4 atom stereocenters. The summed E-state index contributed by atoms with van der Waals surface area (Å²) >= 11 is 0. The fourth-order valence-corrected chi connectivity index (χ4v) is 1.73. The zero-order valence-electron chi connectivity index (χ0n) is 10.8. The van der Waals surface area contributed by atoms with E-state index in [4.69, 9.17) is 18.9 Å². The van der Waals surface area contributed by atoms with Crippen LogP contribution in [0.4, 0.5) is 4.39 Å². The molecule has 0 N–H and O–H groups in total. The van der Waals surface area contributed by atoms with E-state index >= 15 is 0 Å². The van der Waals surface area contributed by atoms with Gasteiger partial charge in [0.2, 0.25) is 12.4 Å². The SMILES string of the molecule is CC(=O)O[C@H]1O[C@H](CF)[C@@H](OC(C)=O)[C@H]1OC(C)=O. The van der Waals surface area contributed by atoms with E-state index in [0.717, 1.165) is 20.8 Å². The molecule has 8 heteroatoms. The van der Waals surface area contributed by atoms with Gasteiger partial charge in [-0.15, -0.1) is 0 Å². The van der Waals surface area contributed by atoms with E-state index in [2.05, 4.69) is 0 Å². The first-order valence-electron chi connectivity index (χ1n) is 5.58.